The van der Waals surface area contributed by atoms with Crippen LogP contribution in [0, 0.1) is 0 Å². The van der Waals surface area contributed by atoms with Crippen LogP contribution >= 0.6 is 0 Å². The third kappa shape index (κ3) is 2.54. The van der Waals surface area contributed by atoms with Gasteiger partial charge in [-0.2, -0.15) is 0 Å². The van der Waals surface area contributed by atoms with E-state index in [4.69, 9.17) is 4.42 Å². The third-order valence-corrected chi connectivity index (χ3v) is 4.72. The molecule has 23 heavy (non-hydrogen) atoms. The van der Waals surface area contributed by atoms with E-state index in [1.807, 2.05) is 34.1 Å². The number of piperidine rings is 1. The van der Waals surface area contributed by atoms with Crippen LogP contribution in [0.3, 0.4) is 0 Å². The van der Waals surface area contributed by atoms with Gasteiger partial charge >= 0.3 is 6.03 Å². The number of likely N-dealkylation sites (tertiary alicyclic amines) is 1. The number of hydrogen-bond acceptors (Lipinski definition) is 3. The molecule has 0 saturated carbocycles. The average molecular weight is 313 g/mol. The van der Waals surface area contributed by atoms with Crippen molar-refractivity contribution in [2.75, 3.05) is 26.2 Å². The van der Waals surface area contributed by atoms with Crippen LogP contribution in [0.4, 0.5) is 4.79 Å². The van der Waals surface area contributed by atoms with E-state index in [0.717, 1.165) is 36.9 Å². The minimum Gasteiger partial charge on any atom is -0.451 e. The second-order valence-corrected chi connectivity index (χ2v) is 6.10. The molecule has 1 aromatic carbocycles. The van der Waals surface area contributed by atoms with Gasteiger partial charge in [-0.1, -0.05) is 18.2 Å². The lowest BCUT2D eigenvalue weighted by Gasteiger charge is -2.35. The van der Waals surface area contributed by atoms with Gasteiger partial charge in [0.05, 0.1) is 0 Å². The summed E-state index contributed by atoms with van der Waals surface area (Å²) in [4.78, 5) is 28.0. The minimum atomic E-state index is -0.0643. The summed E-state index contributed by atoms with van der Waals surface area (Å²) in [5, 5.41) is 3.78. The maximum absolute atomic E-state index is 12.6. The number of furan rings is 1. The first-order valence-corrected chi connectivity index (χ1v) is 8.05. The molecule has 6 heteroatoms. The number of carbonyl (C=O) groups excluding carboxylic acids is 2. The van der Waals surface area contributed by atoms with Crippen molar-refractivity contribution in [1.82, 2.24) is 15.1 Å². The molecule has 0 bridgehead atoms. The topological polar surface area (TPSA) is 65.8 Å². The zero-order valence-corrected chi connectivity index (χ0v) is 12.8. The smallest absolute Gasteiger partial charge is 0.317 e. The Bertz CT molecular complexity index is 713. The van der Waals surface area contributed by atoms with Gasteiger partial charge in [-0.3, -0.25) is 4.79 Å². The molecular weight excluding hydrogens is 294 g/mol. The van der Waals surface area contributed by atoms with E-state index in [1.54, 1.807) is 6.07 Å². The molecule has 3 heterocycles. The summed E-state index contributed by atoms with van der Waals surface area (Å²) < 4.78 is 5.66. The van der Waals surface area contributed by atoms with Crippen LogP contribution in [0.15, 0.2) is 34.7 Å². The lowest BCUT2D eigenvalue weighted by Crippen LogP contribution is -2.47. The fourth-order valence-electron chi connectivity index (χ4n) is 3.46. The predicted molar refractivity (Wildman–Crippen MR) is 85.2 cm³/mol. The molecular formula is C17H19N3O3. The van der Waals surface area contributed by atoms with Gasteiger partial charge in [-0.05, 0) is 25.0 Å². The van der Waals surface area contributed by atoms with Crippen molar-refractivity contribution in [3.8, 4) is 0 Å². The molecule has 0 unspecified atom stereocenters. The number of amides is 3. The molecule has 0 atom stereocenters. The molecule has 2 fully saturated rings. The minimum absolute atomic E-state index is 0.0204. The Morgan fingerprint density at radius 1 is 1.17 bits per heavy atom. The number of benzene rings is 1. The maximum atomic E-state index is 12.6. The lowest BCUT2D eigenvalue weighted by molar-refractivity contribution is 0.0637. The van der Waals surface area contributed by atoms with E-state index in [0.29, 0.717) is 18.8 Å². The Morgan fingerprint density at radius 2 is 1.96 bits per heavy atom. The van der Waals surface area contributed by atoms with Crippen molar-refractivity contribution in [1.29, 1.82) is 0 Å². The molecule has 120 valence electrons. The molecule has 6 nitrogen and oxygen atoms in total. The molecule has 2 saturated heterocycles. The van der Waals surface area contributed by atoms with Crippen LogP contribution in [-0.2, 0) is 0 Å². The van der Waals surface area contributed by atoms with Crippen LogP contribution in [-0.4, -0.2) is 54.0 Å². The van der Waals surface area contributed by atoms with E-state index in [2.05, 4.69) is 5.32 Å². The van der Waals surface area contributed by atoms with E-state index < -0.39 is 0 Å². The molecule has 0 spiro atoms. The van der Waals surface area contributed by atoms with Gasteiger partial charge in [0.1, 0.15) is 5.58 Å². The van der Waals surface area contributed by atoms with Gasteiger partial charge in [-0.25, -0.2) is 4.79 Å². The highest BCUT2D eigenvalue weighted by atomic mass is 16.3. The lowest BCUT2D eigenvalue weighted by atomic mass is 10.0. The van der Waals surface area contributed by atoms with Crippen molar-refractivity contribution < 1.29 is 14.0 Å². The van der Waals surface area contributed by atoms with Crippen molar-refractivity contribution in [3.63, 3.8) is 0 Å². The number of rotatable bonds is 2. The standard InChI is InChI=1S/C17H19N3O3/c21-16(15-11-12-3-1-2-4-14(12)23-15)19-8-5-13(6-9-19)20-10-7-18-17(20)22/h1-4,11,13H,5-10H2,(H,18,22). The normalized spacial score (nSPS) is 19.4. The fourth-order valence-corrected chi connectivity index (χ4v) is 3.46. The summed E-state index contributed by atoms with van der Waals surface area (Å²) in [6.45, 7) is 2.80. The summed E-state index contributed by atoms with van der Waals surface area (Å²) in [6.07, 6.45) is 1.64. The monoisotopic (exact) mass is 313 g/mol. The Kier molecular flexibility index (Phi) is 3.44. The molecule has 0 radical (unpaired) electrons. The molecule has 1 N–H and O–H groups in total. The Morgan fingerprint density at radius 3 is 2.65 bits per heavy atom. The van der Waals surface area contributed by atoms with Crippen molar-refractivity contribution >= 4 is 22.9 Å². The van der Waals surface area contributed by atoms with Gasteiger partial charge in [0.15, 0.2) is 5.76 Å². The predicted octanol–water partition coefficient (Wildman–Crippen LogP) is 2.06. The number of carbonyl (C=O) groups is 2. The first kappa shape index (κ1) is 14.1. The summed E-state index contributed by atoms with van der Waals surface area (Å²) in [6, 6.07) is 9.69. The van der Waals surface area contributed by atoms with E-state index in [-0.39, 0.29) is 18.0 Å². The highest BCUT2D eigenvalue weighted by molar-refractivity contribution is 5.96. The van der Waals surface area contributed by atoms with Gasteiger partial charge in [-0.15, -0.1) is 0 Å². The van der Waals surface area contributed by atoms with Crippen molar-refractivity contribution in [3.05, 3.63) is 36.1 Å². The molecule has 4 rings (SSSR count). The van der Waals surface area contributed by atoms with Crippen molar-refractivity contribution in [2.45, 2.75) is 18.9 Å². The average Bonchev–Trinajstić information content (AvgIpc) is 3.20. The summed E-state index contributed by atoms with van der Waals surface area (Å²) in [5.41, 5.74) is 0.736. The summed E-state index contributed by atoms with van der Waals surface area (Å²) in [5.74, 6) is 0.328. The number of fused-ring (bicyclic) bond motifs is 1. The van der Waals surface area contributed by atoms with Gasteiger partial charge in [0.25, 0.3) is 5.91 Å². The van der Waals surface area contributed by atoms with Crippen LogP contribution in [0.2, 0.25) is 0 Å². The Hall–Kier alpha value is -2.50. The SMILES string of the molecule is O=C(c1cc2ccccc2o1)N1CCC(N2CCNC2=O)CC1. The highest BCUT2D eigenvalue weighted by Gasteiger charge is 2.32. The quantitative estimate of drug-likeness (QED) is 0.923. The molecule has 2 aromatic rings. The van der Waals surface area contributed by atoms with E-state index in [9.17, 15) is 9.59 Å². The fraction of sp³-hybridized carbons (Fsp3) is 0.412. The second kappa shape index (κ2) is 5.61. The van der Waals surface area contributed by atoms with Gasteiger partial charge < -0.3 is 19.5 Å². The first-order chi connectivity index (χ1) is 11.2. The second-order valence-electron chi connectivity index (χ2n) is 6.10. The van der Waals surface area contributed by atoms with Gasteiger partial charge in [0.2, 0.25) is 0 Å². The summed E-state index contributed by atoms with van der Waals surface area (Å²) >= 11 is 0. The van der Waals surface area contributed by atoms with Crippen LogP contribution < -0.4 is 5.32 Å². The molecule has 3 amide bonds. The molecule has 1 aromatic heterocycles. The highest BCUT2D eigenvalue weighted by Crippen LogP contribution is 2.23. The zero-order chi connectivity index (χ0) is 15.8. The van der Waals surface area contributed by atoms with E-state index in [1.165, 1.54) is 0 Å². The number of nitrogens with zero attached hydrogens (tertiary/aromatic N) is 2. The molecule has 0 aliphatic carbocycles. The molecule has 2 aliphatic heterocycles. The first-order valence-electron chi connectivity index (χ1n) is 8.05. The Labute approximate surface area is 134 Å². The number of urea groups is 1. The zero-order valence-electron chi connectivity index (χ0n) is 12.8. The Balaban J connectivity index is 1.43. The largest absolute Gasteiger partial charge is 0.451 e. The number of para-hydroxylation sites is 1. The van der Waals surface area contributed by atoms with Crippen LogP contribution in [0.25, 0.3) is 11.0 Å². The van der Waals surface area contributed by atoms with Crippen LogP contribution in [0.5, 0.6) is 0 Å². The summed E-state index contributed by atoms with van der Waals surface area (Å²) in [7, 11) is 0. The van der Waals surface area contributed by atoms with Crippen molar-refractivity contribution in [2.24, 2.45) is 0 Å². The third-order valence-electron chi connectivity index (χ3n) is 4.72. The number of hydrogen-bond donors (Lipinski definition) is 1. The number of nitrogens with one attached hydrogen (secondary N) is 1. The van der Waals surface area contributed by atoms with E-state index >= 15 is 0 Å². The van der Waals surface area contributed by atoms with Crippen LogP contribution in [0.1, 0.15) is 23.4 Å². The molecule has 2 aliphatic rings. The maximum Gasteiger partial charge on any atom is 0.317 e. The van der Waals surface area contributed by atoms with Gasteiger partial charge in [0, 0.05) is 37.6 Å².